The van der Waals surface area contributed by atoms with Crippen LogP contribution in [0.2, 0.25) is 0 Å². The van der Waals surface area contributed by atoms with Crippen LogP contribution in [0.1, 0.15) is 36.0 Å². The molecule has 2 nitrogen and oxygen atoms in total. The van der Waals surface area contributed by atoms with Crippen LogP contribution < -0.4 is 5.32 Å². The van der Waals surface area contributed by atoms with Gasteiger partial charge in [0, 0.05) is 11.9 Å². The van der Waals surface area contributed by atoms with E-state index in [4.69, 9.17) is 11.6 Å². The summed E-state index contributed by atoms with van der Waals surface area (Å²) in [7, 11) is 0. The average molecular weight is 288 g/mol. The first-order valence-electron chi connectivity index (χ1n) is 6.43. The Morgan fingerprint density at radius 3 is 2.79 bits per heavy atom. The molecule has 0 heterocycles. The zero-order chi connectivity index (χ0) is 13.8. The summed E-state index contributed by atoms with van der Waals surface area (Å²) in [6.07, 6.45) is 3.90. The summed E-state index contributed by atoms with van der Waals surface area (Å²) in [5, 5.41) is 2.77. The highest BCUT2D eigenvalue weighted by Crippen LogP contribution is 2.25. The van der Waals surface area contributed by atoms with E-state index in [-0.39, 0.29) is 17.5 Å². The predicted molar refractivity (Wildman–Crippen MR) is 70.3 cm³/mol. The zero-order valence-corrected chi connectivity index (χ0v) is 11.2. The highest BCUT2D eigenvalue weighted by atomic mass is 35.5. The fraction of sp³-hybridized carbons (Fsp3) is 0.500. The van der Waals surface area contributed by atoms with Crippen molar-refractivity contribution in [2.75, 3.05) is 5.88 Å². The SMILES string of the molecule is O=C(NC1CCCCC1CCl)c1cc(F)ccc1F. The van der Waals surface area contributed by atoms with Crippen molar-refractivity contribution in [3.63, 3.8) is 0 Å². The van der Waals surface area contributed by atoms with Gasteiger partial charge in [0.05, 0.1) is 5.56 Å². The molecule has 1 aliphatic carbocycles. The lowest BCUT2D eigenvalue weighted by Gasteiger charge is -2.30. The maximum absolute atomic E-state index is 13.5. The minimum absolute atomic E-state index is 0.0542. The van der Waals surface area contributed by atoms with E-state index in [1.54, 1.807) is 0 Å². The van der Waals surface area contributed by atoms with E-state index in [2.05, 4.69) is 5.32 Å². The first-order valence-corrected chi connectivity index (χ1v) is 6.97. The molecule has 0 saturated heterocycles. The maximum atomic E-state index is 13.5. The Bertz CT molecular complexity index is 467. The number of rotatable bonds is 3. The lowest BCUT2D eigenvalue weighted by atomic mass is 9.85. The van der Waals surface area contributed by atoms with Crippen LogP contribution in [0, 0.1) is 17.6 Å². The molecule has 1 aliphatic rings. The Morgan fingerprint density at radius 1 is 1.32 bits per heavy atom. The second-order valence-corrected chi connectivity index (χ2v) is 5.21. The summed E-state index contributed by atoms with van der Waals surface area (Å²) in [5.41, 5.74) is -0.251. The van der Waals surface area contributed by atoms with Gasteiger partial charge in [-0.3, -0.25) is 4.79 Å². The molecule has 2 rings (SSSR count). The number of carbonyl (C=O) groups excluding carboxylic acids is 1. The molecule has 1 aromatic rings. The molecule has 0 radical (unpaired) electrons. The highest BCUT2D eigenvalue weighted by Gasteiger charge is 2.26. The Morgan fingerprint density at radius 2 is 2.05 bits per heavy atom. The second kappa shape index (κ2) is 6.33. The molecule has 1 fully saturated rings. The van der Waals surface area contributed by atoms with Crippen molar-refractivity contribution in [3.05, 3.63) is 35.4 Å². The van der Waals surface area contributed by atoms with Crippen molar-refractivity contribution < 1.29 is 13.6 Å². The monoisotopic (exact) mass is 287 g/mol. The van der Waals surface area contributed by atoms with Crippen LogP contribution in [0.3, 0.4) is 0 Å². The molecule has 104 valence electrons. The van der Waals surface area contributed by atoms with Crippen molar-refractivity contribution in [1.29, 1.82) is 0 Å². The molecule has 2 atom stereocenters. The van der Waals surface area contributed by atoms with Crippen LogP contribution in [0.25, 0.3) is 0 Å². The Hall–Kier alpha value is -1.16. The molecule has 1 N–H and O–H groups in total. The quantitative estimate of drug-likeness (QED) is 0.847. The fourth-order valence-electron chi connectivity index (χ4n) is 2.50. The number of carbonyl (C=O) groups is 1. The molecule has 1 amide bonds. The van der Waals surface area contributed by atoms with Crippen LogP contribution in [0.15, 0.2) is 18.2 Å². The number of amides is 1. The van der Waals surface area contributed by atoms with E-state index in [9.17, 15) is 13.6 Å². The average Bonchev–Trinajstić information content (AvgIpc) is 2.42. The molecule has 1 aromatic carbocycles. The summed E-state index contributed by atoms with van der Waals surface area (Å²) in [6.45, 7) is 0. The summed E-state index contributed by atoms with van der Waals surface area (Å²) >= 11 is 5.88. The standard InChI is InChI=1S/C14H16ClF2NO/c15-8-9-3-1-2-4-13(9)18-14(19)11-7-10(16)5-6-12(11)17/h5-7,9,13H,1-4,8H2,(H,18,19). The largest absolute Gasteiger partial charge is 0.349 e. The van der Waals surface area contributed by atoms with Gasteiger partial charge >= 0.3 is 0 Å². The molecule has 5 heteroatoms. The van der Waals surface area contributed by atoms with Crippen LogP contribution in [0.5, 0.6) is 0 Å². The van der Waals surface area contributed by atoms with Crippen molar-refractivity contribution in [1.82, 2.24) is 5.32 Å². The third-order valence-corrected chi connectivity index (χ3v) is 3.99. The molecular weight excluding hydrogens is 272 g/mol. The van der Waals surface area contributed by atoms with E-state index in [0.717, 1.165) is 43.9 Å². The maximum Gasteiger partial charge on any atom is 0.254 e. The van der Waals surface area contributed by atoms with E-state index >= 15 is 0 Å². The molecule has 0 aromatic heterocycles. The van der Waals surface area contributed by atoms with Crippen molar-refractivity contribution >= 4 is 17.5 Å². The lowest BCUT2D eigenvalue weighted by molar-refractivity contribution is 0.0906. The van der Waals surface area contributed by atoms with Crippen LogP contribution in [-0.4, -0.2) is 17.8 Å². The molecule has 0 bridgehead atoms. The zero-order valence-electron chi connectivity index (χ0n) is 10.5. The van der Waals surface area contributed by atoms with Gasteiger partial charge in [0.2, 0.25) is 0 Å². The van der Waals surface area contributed by atoms with Crippen molar-refractivity contribution in [3.8, 4) is 0 Å². The van der Waals surface area contributed by atoms with Crippen LogP contribution in [-0.2, 0) is 0 Å². The summed E-state index contributed by atoms with van der Waals surface area (Å²) in [5.74, 6) is -1.23. The smallest absolute Gasteiger partial charge is 0.254 e. The van der Waals surface area contributed by atoms with Gasteiger partial charge in [-0.1, -0.05) is 12.8 Å². The first kappa shape index (κ1) is 14.3. The number of halogens is 3. The van der Waals surface area contributed by atoms with Gasteiger partial charge in [-0.05, 0) is 37.0 Å². The fourth-order valence-corrected chi connectivity index (χ4v) is 2.87. The number of benzene rings is 1. The van der Waals surface area contributed by atoms with E-state index in [1.165, 1.54) is 0 Å². The third-order valence-electron chi connectivity index (χ3n) is 3.60. The predicted octanol–water partition coefficient (Wildman–Crippen LogP) is 3.49. The lowest BCUT2D eigenvalue weighted by Crippen LogP contribution is -2.43. The van der Waals surface area contributed by atoms with Gasteiger partial charge in [0.1, 0.15) is 11.6 Å². The van der Waals surface area contributed by atoms with Crippen molar-refractivity contribution in [2.45, 2.75) is 31.7 Å². The van der Waals surface area contributed by atoms with Gasteiger partial charge in [-0.25, -0.2) is 8.78 Å². The summed E-state index contributed by atoms with van der Waals surface area (Å²) in [6, 6.07) is 2.82. The minimum Gasteiger partial charge on any atom is -0.349 e. The number of hydrogen-bond acceptors (Lipinski definition) is 1. The van der Waals surface area contributed by atoms with Crippen molar-refractivity contribution in [2.24, 2.45) is 5.92 Å². The molecular formula is C14H16ClF2NO. The van der Waals surface area contributed by atoms with E-state index in [1.807, 2.05) is 0 Å². The van der Waals surface area contributed by atoms with E-state index in [0.29, 0.717) is 5.88 Å². The Labute approximate surface area is 116 Å². The minimum atomic E-state index is -0.711. The number of hydrogen-bond donors (Lipinski definition) is 1. The molecule has 1 saturated carbocycles. The van der Waals surface area contributed by atoms with E-state index < -0.39 is 17.5 Å². The van der Waals surface area contributed by atoms with Gasteiger partial charge < -0.3 is 5.32 Å². The number of alkyl halides is 1. The molecule has 2 unspecified atom stereocenters. The normalized spacial score (nSPS) is 23.1. The summed E-state index contributed by atoms with van der Waals surface area (Å²) in [4.78, 5) is 12.0. The van der Waals surface area contributed by atoms with Crippen LogP contribution >= 0.6 is 11.6 Å². The second-order valence-electron chi connectivity index (χ2n) is 4.90. The topological polar surface area (TPSA) is 29.1 Å². The van der Waals surface area contributed by atoms with Crippen LogP contribution in [0.4, 0.5) is 8.78 Å². The molecule has 19 heavy (non-hydrogen) atoms. The first-order chi connectivity index (χ1) is 9.11. The van der Waals surface area contributed by atoms with Gasteiger partial charge in [-0.2, -0.15) is 0 Å². The third kappa shape index (κ3) is 3.44. The Balaban J connectivity index is 2.09. The van der Waals surface area contributed by atoms with Gasteiger partial charge in [0.25, 0.3) is 5.91 Å². The number of nitrogens with one attached hydrogen (secondary N) is 1. The molecule has 0 spiro atoms. The molecule has 0 aliphatic heterocycles. The Kier molecular flexibility index (Phi) is 4.75. The van der Waals surface area contributed by atoms with Gasteiger partial charge in [-0.15, -0.1) is 11.6 Å². The highest BCUT2D eigenvalue weighted by molar-refractivity contribution is 6.18. The van der Waals surface area contributed by atoms with Gasteiger partial charge in [0.15, 0.2) is 0 Å². The summed E-state index contributed by atoms with van der Waals surface area (Å²) < 4.78 is 26.6.